The summed E-state index contributed by atoms with van der Waals surface area (Å²) in [7, 11) is 0. The van der Waals surface area contributed by atoms with E-state index in [4.69, 9.17) is 4.74 Å². The Balaban J connectivity index is 1.52. The lowest BCUT2D eigenvalue weighted by atomic mass is 9.33. The number of ether oxygens (including phenoxy) is 1. The predicted octanol–water partition coefficient (Wildman–Crippen LogP) is 6.83. The lowest BCUT2D eigenvalue weighted by Gasteiger charge is -2.69. The molecule has 1 heterocycles. The lowest BCUT2D eigenvalue weighted by molar-refractivity contribution is -0.175. The first-order valence-electron chi connectivity index (χ1n) is 14.5. The molecule has 9 unspecified atom stereocenters. The molecule has 196 valence electrons. The quantitative estimate of drug-likeness (QED) is 0.377. The Labute approximate surface area is 217 Å². The first-order chi connectivity index (χ1) is 16.6. The van der Waals surface area contributed by atoms with E-state index in [1.165, 1.54) is 24.8 Å². The van der Waals surface area contributed by atoms with E-state index in [0.717, 1.165) is 32.1 Å². The molecule has 9 atom stereocenters. The zero-order valence-corrected chi connectivity index (χ0v) is 23.7. The van der Waals surface area contributed by atoms with Crippen LogP contribution in [0.5, 0.6) is 0 Å². The number of rotatable bonds is 1. The molecule has 36 heavy (non-hydrogen) atoms. The molecule has 1 saturated heterocycles. The summed E-state index contributed by atoms with van der Waals surface area (Å²) < 4.78 is 6.12. The maximum atomic E-state index is 14.4. The zero-order chi connectivity index (χ0) is 26.3. The van der Waals surface area contributed by atoms with Crippen molar-refractivity contribution in [3.05, 3.63) is 11.6 Å². The molecule has 0 aromatic carbocycles. The van der Waals surface area contributed by atoms with Crippen LogP contribution in [0.1, 0.15) is 107 Å². The molecule has 4 nitrogen and oxygen atoms in total. The van der Waals surface area contributed by atoms with Crippen LogP contribution in [0.15, 0.2) is 11.6 Å². The number of epoxide rings is 1. The van der Waals surface area contributed by atoms with E-state index in [1.54, 1.807) is 0 Å². The van der Waals surface area contributed by atoms with E-state index < -0.39 is 22.5 Å². The van der Waals surface area contributed by atoms with Crippen LogP contribution in [0, 0.1) is 61.6 Å². The van der Waals surface area contributed by atoms with Crippen molar-refractivity contribution in [2.45, 2.75) is 118 Å². The van der Waals surface area contributed by atoms with Crippen LogP contribution in [0.4, 0.5) is 0 Å². The summed E-state index contributed by atoms with van der Waals surface area (Å²) in [5.74, 6) is 0.807. The van der Waals surface area contributed by atoms with Gasteiger partial charge in [-0.25, -0.2) is 0 Å². The van der Waals surface area contributed by atoms with Gasteiger partial charge in [0.25, 0.3) is 0 Å². The van der Waals surface area contributed by atoms with Crippen molar-refractivity contribution in [1.82, 2.24) is 0 Å². The number of carbonyl (C=O) groups is 2. The number of nitriles is 1. The topological polar surface area (TPSA) is 70.5 Å². The summed E-state index contributed by atoms with van der Waals surface area (Å²) >= 11 is 0. The smallest absolute Gasteiger partial charge is 0.240 e. The van der Waals surface area contributed by atoms with Gasteiger partial charge in [-0.05, 0) is 84.5 Å². The molecule has 0 radical (unpaired) electrons. The Bertz CT molecular complexity index is 1140. The number of hydrogen-bond acceptors (Lipinski definition) is 4. The van der Waals surface area contributed by atoms with E-state index in [-0.39, 0.29) is 39.3 Å². The first-order valence-corrected chi connectivity index (χ1v) is 14.5. The van der Waals surface area contributed by atoms with Crippen molar-refractivity contribution in [1.29, 1.82) is 5.26 Å². The van der Waals surface area contributed by atoms with Gasteiger partial charge in [-0.3, -0.25) is 9.59 Å². The first kappa shape index (κ1) is 24.8. The molecule has 5 fully saturated rings. The highest BCUT2D eigenvalue weighted by Gasteiger charge is 2.82. The van der Waals surface area contributed by atoms with Gasteiger partial charge in [0.05, 0.1) is 0 Å². The summed E-state index contributed by atoms with van der Waals surface area (Å²) in [6, 6.07) is 2.28. The van der Waals surface area contributed by atoms with E-state index in [9.17, 15) is 14.9 Å². The number of fused-ring (bicyclic) bond motifs is 9. The Kier molecular flexibility index (Phi) is 4.65. The lowest BCUT2D eigenvalue weighted by Crippen LogP contribution is -2.67. The van der Waals surface area contributed by atoms with Crippen molar-refractivity contribution >= 4 is 11.6 Å². The number of nitrogens with zero attached hydrogens (tertiary/aromatic N) is 1. The zero-order valence-electron chi connectivity index (χ0n) is 23.7. The van der Waals surface area contributed by atoms with E-state index >= 15 is 0 Å². The highest BCUT2D eigenvalue weighted by molar-refractivity contribution is 6.01. The number of carbonyl (C=O) groups excluding carboxylic acids is 2. The van der Waals surface area contributed by atoms with Crippen LogP contribution >= 0.6 is 0 Å². The van der Waals surface area contributed by atoms with Crippen LogP contribution in [-0.4, -0.2) is 23.3 Å². The third-order valence-corrected chi connectivity index (χ3v) is 13.6. The van der Waals surface area contributed by atoms with Gasteiger partial charge in [-0.1, -0.05) is 67.4 Å². The van der Waals surface area contributed by atoms with Gasteiger partial charge >= 0.3 is 0 Å². The van der Waals surface area contributed by atoms with Gasteiger partial charge in [0.1, 0.15) is 12.2 Å². The van der Waals surface area contributed by atoms with Crippen molar-refractivity contribution in [3.63, 3.8) is 0 Å². The predicted molar refractivity (Wildman–Crippen MR) is 139 cm³/mol. The molecular formula is C32H45NO3. The molecule has 1 aliphatic heterocycles. The van der Waals surface area contributed by atoms with Crippen LogP contribution in [0.2, 0.25) is 0 Å². The average Bonchev–Trinajstić information content (AvgIpc) is 3.56. The van der Waals surface area contributed by atoms with Crippen LogP contribution in [0.3, 0.4) is 0 Å². The summed E-state index contributed by atoms with van der Waals surface area (Å²) in [5.41, 5.74) is -0.975. The second-order valence-corrected chi connectivity index (χ2v) is 15.6. The van der Waals surface area contributed by atoms with Crippen molar-refractivity contribution in [2.24, 2.45) is 50.2 Å². The van der Waals surface area contributed by atoms with Crippen molar-refractivity contribution < 1.29 is 14.3 Å². The molecule has 0 spiro atoms. The molecule has 4 heteroatoms. The molecule has 5 aliphatic carbocycles. The molecule has 0 N–H and O–H groups in total. The highest BCUT2D eigenvalue weighted by Crippen LogP contribution is 2.77. The van der Waals surface area contributed by atoms with Gasteiger partial charge < -0.3 is 4.74 Å². The van der Waals surface area contributed by atoms with Gasteiger partial charge in [-0.2, -0.15) is 5.26 Å². The van der Waals surface area contributed by atoms with Gasteiger partial charge in [0.15, 0.2) is 11.6 Å². The third kappa shape index (κ3) is 2.51. The summed E-state index contributed by atoms with van der Waals surface area (Å²) in [4.78, 5) is 27.9. The SMILES string of the molecule is CCC12CCC(C)(C)CC1C1C(=O)C=C3C4(C)C(CCC3(C)C1(C)CC2)C(C)(C)C(=O)C1(C#N)OC14. The standard InChI is InChI=1S/C32H45NO3/c1-9-31-14-12-26(2,3)17-19(31)23-20(34)16-22-28(6,29(23,7)13-15-31)11-10-21-27(4,5)24(35)32(18-33)25(36-32)30(21,22)8/h16,19,21,23,25H,9-15,17H2,1-8H3. The summed E-state index contributed by atoms with van der Waals surface area (Å²) in [6.45, 7) is 18.2. The summed E-state index contributed by atoms with van der Waals surface area (Å²) in [5, 5.41) is 10.1. The van der Waals surface area contributed by atoms with Crippen LogP contribution < -0.4 is 0 Å². The Morgan fingerprint density at radius 2 is 1.67 bits per heavy atom. The second kappa shape index (κ2) is 6.74. The fourth-order valence-corrected chi connectivity index (χ4v) is 11.2. The molecule has 6 aliphatic rings. The van der Waals surface area contributed by atoms with Gasteiger partial charge in [-0.15, -0.1) is 0 Å². The fourth-order valence-electron chi connectivity index (χ4n) is 11.2. The van der Waals surface area contributed by atoms with Crippen molar-refractivity contribution in [3.8, 4) is 6.07 Å². The molecule has 4 saturated carbocycles. The fraction of sp³-hybridized carbons (Fsp3) is 0.844. The highest BCUT2D eigenvalue weighted by atomic mass is 16.6. The van der Waals surface area contributed by atoms with E-state index in [2.05, 4.69) is 47.6 Å². The van der Waals surface area contributed by atoms with Crippen molar-refractivity contribution in [2.75, 3.05) is 0 Å². The number of ketones is 2. The Morgan fingerprint density at radius 3 is 2.31 bits per heavy atom. The van der Waals surface area contributed by atoms with E-state index in [0.29, 0.717) is 11.7 Å². The summed E-state index contributed by atoms with van der Waals surface area (Å²) in [6.07, 6.45) is 10.6. The van der Waals surface area contributed by atoms with E-state index in [1.807, 2.05) is 19.9 Å². The van der Waals surface area contributed by atoms with Crippen LogP contribution in [-0.2, 0) is 14.3 Å². The minimum Gasteiger partial charge on any atom is -0.342 e. The Hall–Kier alpha value is -1.47. The maximum Gasteiger partial charge on any atom is 0.240 e. The minimum atomic E-state index is -1.34. The molecular weight excluding hydrogens is 446 g/mol. The molecule has 0 bridgehead atoms. The number of Topliss-reactive ketones (excluding diaryl/α,β-unsaturated/α-hetero) is 1. The molecule has 6 rings (SSSR count). The monoisotopic (exact) mass is 491 g/mol. The second-order valence-electron chi connectivity index (χ2n) is 15.6. The number of hydrogen-bond donors (Lipinski definition) is 0. The van der Waals surface area contributed by atoms with Crippen LogP contribution in [0.25, 0.3) is 0 Å². The average molecular weight is 492 g/mol. The normalized spacial score (nSPS) is 54.0. The van der Waals surface area contributed by atoms with Gasteiger partial charge in [0, 0.05) is 16.7 Å². The molecule has 0 aromatic rings. The molecule has 0 aromatic heterocycles. The Morgan fingerprint density at radius 1 is 1.00 bits per heavy atom. The van der Waals surface area contributed by atoms with Gasteiger partial charge in [0.2, 0.25) is 5.60 Å². The third-order valence-electron chi connectivity index (χ3n) is 13.6. The number of allylic oxidation sites excluding steroid dienone is 1. The maximum absolute atomic E-state index is 14.4. The largest absolute Gasteiger partial charge is 0.342 e. The molecule has 0 amide bonds. The minimum absolute atomic E-state index is 0.0544.